The van der Waals surface area contributed by atoms with Crippen molar-refractivity contribution in [2.75, 3.05) is 19.6 Å². The summed E-state index contributed by atoms with van der Waals surface area (Å²) in [7, 11) is 2.78. The lowest BCUT2D eigenvalue weighted by molar-refractivity contribution is 0.103. The Bertz CT molecular complexity index is 1290. The molecule has 4 rings (SSSR count). The van der Waals surface area contributed by atoms with E-state index < -0.39 is 6.09 Å². The fraction of sp³-hybridized carbons (Fsp3) is 0.0800. The van der Waals surface area contributed by atoms with Gasteiger partial charge >= 0.3 is 6.09 Å². The number of nitrogens with zero attached hydrogens (tertiary/aromatic N) is 1. The summed E-state index contributed by atoms with van der Waals surface area (Å²) in [5.41, 5.74) is 8.40. The van der Waals surface area contributed by atoms with Gasteiger partial charge in [-0.3, -0.25) is 10.2 Å². The van der Waals surface area contributed by atoms with Gasteiger partial charge in [0.2, 0.25) is 0 Å². The number of pyridine rings is 1. The van der Waals surface area contributed by atoms with Crippen LogP contribution in [0.25, 0.3) is 22.2 Å². The third-order valence-electron chi connectivity index (χ3n) is 4.98. The average molecular weight is 427 g/mol. The molecule has 0 aliphatic rings. The lowest BCUT2D eigenvalue weighted by Crippen LogP contribution is -2.30. The highest BCUT2D eigenvalue weighted by molar-refractivity contribution is 6.21. The molecule has 7 heteroatoms. The number of hydrogen-bond acceptors (Lipinski definition) is 6. The topological polar surface area (TPSA) is 89.6 Å². The van der Waals surface area contributed by atoms with Gasteiger partial charge in [-0.15, -0.1) is 0 Å². The Kier molecular flexibility index (Phi) is 5.98. The minimum Gasteiger partial charge on any atom is -0.494 e. The molecule has 0 fully saturated rings. The Labute approximate surface area is 185 Å². The van der Waals surface area contributed by atoms with Crippen LogP contribution in [0.5, 0.6) is 5.75 Å². The number of carbonyl (C=O) groups is 2. The SMILES string of the molecule is COC(=O)NNc1ccccc1C(=O)c1c(OC)c(-c2ccccc2)nc2ccccc12. The van der Waals surface area contributed by atoms with Crippen LogP contribution in [0.1, 0.15) is 15.9 Å². The lowest BCUT2D eigenvalue weighted by atomic mass is 9.95. The zero-order valence-corrected chi connectivity index (χ0v) is 17.6. The van der Waals surface area contributed by atoms with E-state index in [9.17, 15) is 9.59 Å². The van der Waals surface area contributed by atoms with Crippen molar-refractivity contribution in [3.63, 3.8) is 0 Å². The summed E-state index contributed by atoms with van der Waals surface area (Å²) in [6, 6.07) is 23.9. The number of anilines is 1. The standard InChI is InChI=1S/C25H21N3O4/c1-31-24-21(23(29)18-13-7-9-15-20(18)27-28-25(30)32-2)17-12-6-8-14-19(17)26-22(24)16-10-4-3-5-11-16/h3-15,27H,1-2H3,(H,28,30). The maximum atomic E-state index is 13.9. The van der Waals surface area contributed by atoms with Crippen LogP contribution in [-0.4, -0.2) is 31.1 Å². The van der Waals surface area contributed by atoms with E-state index in [-0.39, 0.29) is 5.78 Å². The van der Waals surface area contributed by atoms with Crippen molar-refractivity contribution in [2.45, 2.75) is 0 Å². The molecule has 0 aliphatic heterocycles. The zero-order valence-electron chi connectivity index (χ0n) is 17.6. The van der Waals surface area contributed by atoms with Crippen LogP contribution in [0, 0.1) is 0 Å². The summed E-state index contributed by atoms with van der Waals surface area (Å²) in [5, 5.41) is 0.671. The smallest absolute Gasteiger partial charge is 0.425 e. The van der Waals surface area contributed by atoms with Crippen LogP contribution in [0.15, 0.2) is 78.9 Å². The second-order valence-electron chi connectivity index (χ2n) is 6.87. The Morgan fingerprint density at radius 2 is 1.53 bits per heavy atom. The molecule has 1 aromatic heterocycles. The molecule has 0 unspecified atom stereocenters. The minimum absolute atomic E-state index is 0.271. The molecule has 4 aromatic rings. The monoisotopic (exact) mass is 427 g/mol. The van der Waals surface area contributed by atoms with Crippen molar-refractivity contribution in [2.24, 2.45) is 0 Å². The van der Waals surface area contributed by atoms with E-state index in [1.165, 1.54) is 14.2 Å². The fourth-order valence-electron chi connectivity index (χ4n) is 3.50. The first-order chi connectivity index (χ1) is 15.6. The number of nitrogens with one attached hydrogen (secondary N) is 2. The van der Waals surface area contributed by atoms with E-state index in [2.05, 4.69) is 15.6 Å². The van der Waals surface area contributed by atoms with Gasteiger partial charge in [-0.05, 0) is 18.2 Å². The summed E-state index contributed by atoms with van der Waals surface area (Å²) in [6.07, 6.45) is -0.675. The van der Waals surface area contributed by atoms with Crippen molar-refractivity contribution in [1.29, 1.82) is 0 Å². The van der Waals surface area contributed by atoms with Gasteiger partial charge in [0.25, 0.3) is 0 Å². The molecular weight excluding hydrogens is 406 g/mol. The highest BCUT2D eigenvalue weighted by atomic mass is 16.5. The summed E-state index contributed by atoms with van der Waals surface area (Å²) in [6.45, 7) is 0. The number of para-hydroxylation sites is 2. The van der Waals surface area contributed by atoms with E-state index in [4.69, 9.17) is 9.72 Å². The van der Waals surface area contributed by atoms with E-state index in [0.29, 0.717) is 39.2 Å². The number of methoxy groups -OCH3 is 2. The number of rotatable bonds is 6. The Morgan fingerprint density at radius 1 is 0.844 bits per heavy atom. The third kappa shape index (κ3) is 3.96. The predicted octanol–water partition coefficient (Wildman–Crippen LogP) is 4.82. The molecule has 0 bridgehead atoms. The molecule has 0 spiro atoms. The van der Waals surface area contributed by atoms with Crippen molar-refractivity contribution >= 4 is 28.5 Å². The molecule has 0 aliphatic carbocycles. The molecular formula is C25H21N3O4. The summed E-state index contributed by atoms with van der Waals surface area (Å²) < 4.78 is 10.3. The number of benzene rings is 3. The molecule has 3 aromatic carbocycles. The quantitative estimate of drug-likeness (QED) is 0.339. The molecule has 7 nitrogen and oxygen atoms in total. The molecule has 0 saturated carbocycles. The molecule has 160 valence electrons. The molecule has 0 atom stereocenters. The number of ketones is 1. The minimum atomic E-state index is -0.675. The van der Waals surface area contributed by atoms with Crippen molar-refractivity contribution in [3.05, 3.63) is 90.0 Å². The summed E-state index contributed by atoms with van der Waals surface area (Å²) in [5.74, 6) is 0.114. The molecule has 1 heterocycles. The largest absolute Gasteiger partial charge is 0.494 e. The fourth-order valence-corrected chi connectivity index (χ4v) is 3.50. The maximum absolute atomic E-state index is 13.9. The lowest BCUT2D eigenvalue weighted by Gasteiger charge is -2.17. The number of hydrogen-bond donors (Lipinski definition) is 2. The number of hydrazine groups is 1. The van der Waals surface area contributed by atoms with Crippen molar-refractivity contribution in [1.82, 2.24) is 10.4 Å². The van der Waals surface area contributed by atoms with Crippen molar-refractivity contribution in [3.8, 4) is 17.0 Å². The Morgan fingerprint density at radius 3 is 2.28 bits per heavy atom. The highest BCUT2D eigenvalue weighted by Crippen LogP contribution is 2.38. The molecule has 1 amide bonds. The van der Waals surface area contributed by atoms with Gasteiger partial charge < -0.3 is 9.47 Å². The molecule has 2 N–H and O–H groups in total. The number of amides is 1. The van der Waals surface area contributed by atoms with E-state index in [1.54, 1.807) is 24.3 Å². The number of carbonyl (C=O) groups excluding carboxylic acids is 2. The maximum Gasteiger partial charge on any atom is 0.425 e. The molecule has 32 heavy (non-hydrogen) atoms. The van der Waals surface area contributed by atoms with Crippen LogP contribution in [-0.2, 0) is 4.74 Å². The van der Waals surface area contributed by atoms with Crippen molar-refractivity contribution < 1.29 is 19.1 Å². The van der Waals surface area contributed by atoms with Crippen LogP contribution in [0.2, 0.25) is 0 Å². The first kappa shape index (κ1) is 20.9. The summed E-state index contributed by atoms with van der Waals surface area (Å²) >= 11 is 0. The third-order valence-corrected chi connectivity index (χ3v) is 4.98. The van der Waals surface area contributed by atoms with Gasteiger partial charge in [-0.1, -0.05) is 60.7 Å². The van der Waals surface area contributed by atoms with Gasteiger partial charge in [0.15, 0.2) is 11.5 Å². The number of ether oxygens (including phenoxy) is 2. The van der Waals surface area contributed by atoms with Crippen LogP contribution >= 0.6 is 0 Å². The average Bonchev–Trinajstić information content (AvgIpc) is 2.86. The second-order valence-corrected chi connectivity index (χ2v) is 6.87. The molecule has 0 saturated heterocycles. The number of fused-ring (bicyclic) bond motifs is 1. The van der Waals surface area contributed by atoms with Gasteiger partial charge in [0, 0.05) is 16.5 Å². The van der Waals surface area contributed by atoms with E-state index >= 15 is 0 Å². The number of aromatic nitrogens is 1. The first-order valence-electron chi connectivity index (χ1n) is 9.90. The van der Waals surface area contributed by atoms with E-state index in [0.717, 1.165) is 5.56 Å². The highest BCUT2D eigenvalue weighted by Gasteiger charge is 2.25. The summed E-state index contributed by atoms with van der Waals surface area (Å²) in [4.78, 5) is 30.2. The zero-order chi connectivity index (χ0) is 22.5. The molecule has 0 radical (unpaired) electrons. The van der Waals surface area contributed by atoms with Crippen LogP contribution in [0.4, 0.5) is 10.5 Å². The van der Waals surface area contributed by atoms with Gasteiger partial charge in [-0.25, -0.2) is 15.2 Å². The van der Waals surface area contributed by atoms with E-state index in [1.807, 2.05) is 54.6 Å². The van der Waals surface area contributed by atoms with Crippen LogP contribution < -0.4 is 15.6 Å². The Balaban J connectivity index is 1.91. The van der Waals surface area contributed by atoms with Gasteiger partial charge in [-0.2, -0.15) is 0 Å². The normalized spacial score (nSPS) is 10.4. The second kappa shape index (κ2) is 9.18. The van der Waals surface area contributed by atoms with Crippen LogP contribution in [0.3, 0.4) is 0 Å². The Hall–Kier alpha value is -4.39. The predicted molar refractivity (Wildman–Crippen MR) is 123 cm³/mol. The van der Waals surface area contributed by atoms with Gasteiger partial charge in [0.1, 0.15) is 5.69 Å². The van der Waals surface area contributed by atoms with Gasteiger partial charge in [0.05, 0.1) is 31.0 Å². The first-order valence-corrected chi connectivity index (χ1v) is 9.90.